The van der Waals surface area contributed by atoms with Crippen LogP contribution >= 0.6 is 0 Å². The molecule has 4 heterocycles. The molecule has 0 radical (unpaired) electrons. The second kappa shape index (κ2) is 7.35. The van der Waals surface area contributed by atoms with Crippen molar-refractivity contribution in [1.29, 1.82) is 0 Å². The first kappa shape index (κ1) is 19.3. The lowest BCUT2D eigenvalue weighted by atomic mass is 10.0. The number of hydrogen-bond donors (Lipinski definition) is 1. The topological polar surface area (TPSA) is 67.3 Å². The highest BCUT2D eigenvalue weighted by molar-refractivity contribution is 6.13. The maximum atomic E-state index is 13.5. The summed E-state index contributed by atoms with van der Waals surface area (Å²) in [5, 5.41) is 1.60. The molecular weight excluding hydrogens is 402 g/mol. The molecule has 1 N–H and O–H groups in total. The van der Waals surface area contributed by atoms with Crippen LogP contribution in [0, 0.1) is 0 Å². The number of carbonyl (C=O) groups is 2. The summed E-state index contributed by atoms with van der Waals surface area (Å²) in [7, 11) is 2.17. The number of nitrogens with zero attached hydrogens (tertiary/aromatic N) is 2. The van der Waals surface area contributed by atoms with Crippen molar-refractivity contribution in [2.45, 2.75) is 43.9 Å². The smallest absolute Gasteiger partial charge is 0.340 e. The Morgan fingerprint density at radius 3 is 2.41 bits per heavy atom. The number of carbonyl (C=O) groups excluding carboxylic acids is 2. The summed E-state index contributed by atoms with van der Waals surface area (Å²) in [6, 6.07) is 16.2. The van der Waals surface area contributed by atoms with Gasteiger partial charge in [-0.2, -0.15) is 0 Å². The van der Waals surface area contributed by atoms with Gasteiger partial charge in [0, 0.05) is 53.6 Å². The number of piperidine rings is 1. The fourth-order valence-electron chi connectivity index (χ4n) is 5.56. The number of esters is 1. The lowest BCUT2D eigenvalue weighted by molar-refractivity contribution is -0.000268. The van der Waals surface area contributed by atoms with Crippen LogP contribution in [0.3, 0.4) is 0 Å². The molecule has 0 saturated carbocycles. The van der Waals surface area contributed by atoms with E-state index < -0.39 is 0 Å². The van der Waals surface area contributed by atoms with Gasteiger partial charge < -0.3 is 14.6 Å². The highest BCUT2D eigenvalue weighted by atomic mass is 16.5. The van der Waals surface area contributed by atoms with Crippen molar-refractivity contribution < 1.29 is 14.3 Å². The molecule has 32 heavy (non-hydrogen) atoms. The lowest BCUT2D eigenvalue weighted by Crippen LogP contribution is -2.43. The highest BCUT2D eigenvalue weighted by Crippen LogP contribution is 2.36. The third-order valence-corrected chi connectivity index (χ3v) is 7.30. The lowest BCUT2D eigenvalue weighted by Gasteiger charge is -2.35. The first-order valence-electron chi connectivity index (χ1n) is 11.2. The summed E-state index contributed by atoms with van der Waals surface area (Å²) >= 11 is 0. The molecule has 0 aliphatic carbocycles. The molecular formula is C26H25N3O3. The summed E-state index contributed by atoms with van der Waals surface area (Å²) in [6.45, 7) is 0. The van der Waals surface area contributed by atoms with E-state index in [0.29, 0.717) is 28.7 Å². The molecule has 4 aromatic rings. The van der Waals surface area contributed by atoms with Crippen molar-refractivity contribution in [3.05, 3.63) is 72.1 Å². The van der Waals surface area contributed by atoms with Crippen LogP contribution in [0.1, 0.15) is 46.4 Å². The predicted molar refractivity (Wildman–Crippen MR) is 123 cm³/mol. The molecule has 6 heteroatoms. The molecule has 2 aromatic carbocycles. The van der Waals surface area contributed by atoms with Crippen molar-refractivity contribution >= 4 is 33.7 Å². The predicted octanol–water partition coefficient (Wildman–Crippen LogP) is 4.59. The standard InChI is InChI=1S/C26H25N3O3/c1-28-16-10-11-17(28)13-18(12-16)32-26(31)22-15-29(24-9-5-3-7-20(22)24)25(30)21-14-27-23-8-4-2-6-19(21)23/h2-9,14-18,27H,10-13H2,1H3/t16-,17+,18?. The highest BCUT2D eigenvalue weighted by Gasteiger charge is 2.40. The van der Waals surface area contributed by atoms with E-state index in [-0.39, 0.29) is 18.0 Å². The van der Waals surface area contributed by atoms with E-state index in [0.717, 1.165) is 29.1 Å². The van der Waals surface area contributed by atoms with Gasteiger partial charge in [0.25, 0.3) is 5.91 Å². The zero-order valence-electron chi connectivity index (χ0n) is 18.0. The van der Waals surface area contributed by atoms with Crippen molar-refractivity contribution in [2.75, 3.05) is 7.05 Å². The van der Waals surface area contributed by atoms with Crippen molar-refractivity contribution in [3.63, 3.8) is 0 Å². The van der Waals surface area contributed by atoms with Gasteiger partial charge in [-0.25, -0.2) is 4.79 Å². The number of rotatable bonds is 3. The van der Waals surface area contributed by atoms with Crippen LogP contribution in [0.25, 0.3) is 21.8 Å². The van der Waals surface area contributed by atoms with E-state index in [1.165, 1.54) is 12.8 Å². The van der Waals surface area contributed by atoms with Crippen molar-refractivity contribution in [1.82, 2.24) is 14.5 Å². The number of nitrogens with one attached hydrogen (secondary N) is 1. The number of ether oxygens (including phenoxy) is 1. The van der Waals surface area contributed by atoms with Crippen LogP contribution in [-0.2, 0) is 4.74 Å². The number of para-hydroxylation sites is 2. The number of aromatic nitrogens is 2. The van der Waals surface area contributed by atoms with Crippen LogP contribution in [0.15, 0.2) is 60.9 Å². The number of aromatic amines is 1. The van der Waals surface area contributed by atoms with Gasteiger partial charge in [0.1, 0.15) is 6.10 Å². The minimum Gasteiger partial charge on any atom is -0.459 e. The molecule has 2 bridgehead atoms. The fraction of sp³-hybridized carbons (Fsp3) is 0.308. The molecule has 2 aromatic heterocycles. The summed E-state index contributed by atoms with van der Waals surface area (Å²) in [5.74, 6) is -0.518. The van der Waals surface area contributed by atoms with E-state index in [9.17, 15) is 9.59 Å². The van der Waals surface area contributed by atoms with Gasteiger partial charge in [0.2, 0.25) is 0 Å². The van der Waals surface area contributed by atoms with Crippen LogP contribution in [0.5, 0.6) is 0 Å². The molecule has 2 aliphatic heterocycles. The molecule has 6 rings (SSSR count). The van der Waals surface area contributed by atoms with Gasteiger partial charge in [-0.3, -0.25) is 9.36 Å². The molecule has 2 aliphatic rings. The Labute approximate surface area is 185 Å². The SMILES string of the molecule is CN1[C@@H]2CC[C@H]1CC(OC(=O)c1cn(C(=O)c3c[nH]c4ccccc34)c3ccccc13)C2. The van der Waals surface area contributed by atoms with E-state index in [1.54, 1.807) is 17.0 Å². The zero-order chi connectivity index (χ0) is 21.8. The monoisotopic (exact) mass is 427 g/mol. The maximum Gasteiger partial charge on any atom is 0.340 e. The zero-order valence-corrected chi connectivity index (χ0v) is 18.0. The molecule has 0 amide bonds. The number of fused-ring (bicyclic) bond motifs is 4. The van der Waals surface area contributed by atoms with Crippen LogP contribution in [0.2, 0.25) is 0 Å². The Kier molecular flexibility index (Phi) is 4.43. The number of H-pyrrole nitrogens is 1. The van der Waals surface area contributed by atoms with Gasteiger partial charge in [0.05, 0.1) is 16.6 Å². The second-order valence-corrected chi connectivity index (χ2v) is 9.03. The first-order valence-corrected chi connectivity index (χ1v) is 11.2. The average molecular weight is 428 g/mol. The van der Waals surface area contributed by atoms with Gasteiger partial charge >= 0.3 is 5.97 Å². The molecule has 6 nitrogen and oxygen atoms in total. The van der Waals surface area contributed by atoms with Crippen molar-refractivity contribution in [2.24, 2.45) is 0 Å². The Morgan fingerprint density at radius 2 is 1.62 bits per heavy atom. The minimum absolute atomic E-state index is 0.0670. The van der Waals surface area contributed by atoms with E-state index >= 15 is 0 Å². The van der Waals surface area contributed by atoms with Gasteiger partial charge in [0.15, 0.2) is 0 Å². The average Bonchev–Trinajstić information content (AvgIpc) is 3.45. The Bertz CT molecular complexity index is 1340. The maximum absolute atomic E-state index is 13.5. The minimum atomic E-state index is -0.347. The quantitative estimate of drug-likeness (QED) is 0.486. The molecule has 2 saturated heterocycles. The van der Waals surface area contributed by atoms with Crippen LogP contribution in [0.4, 0.5) is 0 Å². The van der Waals surface area contributed by atoms with Gasteiger partial charge in [-0.15, -0.1) is 0 Å². The molecule has 0 spiro atoms. The molecule has 3 atom stereocenters. The normalized spacial score (nSPS) is 23.1. The van der Waals surface area contributed by atoms with E-state index in [2.05, 4.69) is 16.9 Å². The summed E-state index contributed by atoms with van der Waals surface area (Å²) in [5.41, 5.74) is 2.63. The molecule has 2 fully saturated rings. The molecule has 162 valence electrons. The third-order valence-electron chi connectivity index (χ3n) is 7.30. The van der Waals surface area contributed by atoms with Crippen LogP contribution in [-0.4, -0.2) is 51.6 Å². The van der Waals surface area contributed by atoms with Crippen LogP contribution < -0.4 is 0 Å². The summed E-state index contributed by atoms with van der Waals surface area (Å²) < 4.78 is 7.54. The Balaban J connectivity index is 1.34. The first-order chi connectivity index (χ1) is 15.6. The fourth-order valence-corrected chi connectivity index (χ4v) is 5.56. The Morgan fingerprint density at radius 1 is 0.938 bits per heavy atom. The second-order valence-electron chi connectivity index (χ2n) is 9.03. The third kappa shape index (κ3) is 2.98. The molecule has 1 unspecified atom stereocenters. The number of benzene rings is 2. The number of hydrogen-bond acceptors (Lipinski definition) is 4. The van der Waals surface area contributed by atoms with Crippen molar-refractivity contribution in [3.8, 4) is 0 Å². The van der Waals surface area contributed by atoms with Gasteiger partial charge in [-0.1, -0.05) is 36.4 Å². The summed E-state index contributed by atoms with van der Waals surface area (Å²) in [6.07, 6.45) is 7.41. The van der Waals surface area contributed by atoms with E-state index in [1.807, 2.05) is 48.5 Å². The largest absolute Gasteiger partial charge is 0.459 e. The van der Waals surface area contributed by atoms with E-state index in [4.69, 9.17) is 4.74 Å². The Hall–Kier alpha value is -3.38. The van der Waals surface area contributed by atoms with Gasteiger partial charge in [-0.05, 0) is 32.0 Å². The summed E-state index contributed by atoms with van der Waals surface area (Å²) in [4.78, 5) is 32.3.